The van der Waals surface area contributed by atoms with Crippen LogP contribution in [0.15, 0.2) is 34.9 Å². The summed E-state index contributed by atoms with van der Waals surface area (Å²) in [6, 6.07) is 8.10. The third-order valence-corrected chi connectivity index (χ3v) is 4.30. The highest BCUT2D eigenvalue weighted by Gasteiger charge is 2.23. The van der Waals surface area contributed by atoms with E-state index in [1.807, 2.05) is 25.1 Å². The molecule has 0 aliphatic heterocycles. The van der Waals surface area contributed by atoms with E-state index in [4.69, 9.17) is 9.15 Å². The molecule has 1 N–H and O–H groups in total. The minimum atomic E-state index is 0.0221. The van der Waals surface area contributed by atoms with Crippen molar-refractivity contribution in [1.29, 1.82) is 0 Å². The Kier molecular flexibility index (Phi) is 4.70. The molecule has 1 aliphatic carbocycles. The minimum absolute atomic E-state index is 0.0221. The van der Waals surface area contributed by atoms with Gasteiger partial charge < -0.3 is 14.5 Å². The van der Waals surface area contributed by atoms with Crippen molar-refractivity contribution in [2.45, 2.75) is 45.6 Å². The van der Waals surface area contributed by atoms with E-state index in [0.717, 1.165) is 41.9 Å². The molecule has 1 unspecified atom stereocenters. The van der Waals surface area contributed by atoms with Crippen LogP contribution in [-0.4, -0.2) is 12.5 Å². The number of benzene rings is 1. The number of fused-ring (bicyclic) bond motifs is 1. The van der Waals surface area contributed by atoms with Gasteiger partial charge in [-0.3, -0.25) is 4.79 Å². The van der Waals surface area contributed by atoms with Crippen molar-refractivity contribution in [2.75, 3.05) is 6.61 Å². The predicted molar refractivity (Wildman–Crippen MR) is 88.6 cm³/mol. The van der Waals surface area contributed by atoms with Crippen LogP contribution < -0.4 is 10.1 Å². The molecular formula is C19H23NO3. The zero-order valence-electron chi connectivity index (χ0n) is 13.7. The number of ether oxygens (including phenoxy) is 1. The smallest absolute Gasteiger partial charge is 0.223 e. The number of carbonyl (C=O) groups is 1. The third kappa shape index (κ3) is 3.76. The lowest BCUT2D eigenvalue weighted by Crippen LogP contribution is -2.31. The Bertz CT molecular complexity index is 690. The summed E-state index contributed by atoms with van der Waals surface area (Å²) in [5, 5.41) is 3.09. The van der Waals surface area contributed by atoms with Gasteiger partial charge in [-0.05, 0) is 44.4 Å². The van der Waals surface area contributed by atoms with Crippen LogP contribution in [0.3, 0.4) is 0 Å². The van der Waals surface area contributed by atoms with Gasteiger partial charge in [0.1, 0.15) is 11.5 Å². The van der Waals surface area contributed by atoms with Crippen LogP contribution in [0.1, 0.15) is 47.8 Å². The minimum Gasteiger partial charge on any atom is -0.493 e. The van der Waals surface area contributed by atoms with Gasteiger partial charge >= 0.3 is 0 Å². The molecule has 4 nitrogen and oxygen atoms in total. The molecular weight excluding hydrogens is 290 g/mol. The fourth-order valence-corrected chi connectivity index (χ4v) is 3.12. The third-order valence-electron chi connectivity index (χ3n) is 4.30. The first-order valence-electron chi connectivity index (χ1n) is 8.19. The van der Waals surface area contributed by atoms with Gasteiger partial charge in [0.15, 0.2) is 0 Å². The van der Waals surface area contributed by atoms with Gasteiger partial charge in [0.2, 0.25) is 5.91 Å². The maximum atomic E-state index is 12.2. The van der Waals surface area contributed by atoms with Crippen LogP contribution in [0.2, 0.25) is 0 Å². The summed E-state index contributed by atoms with van der Waals surface area (Å²) in [6.07, 6.45) is 5.04. The highest BCUT2D eigenvalue weighted by Crippen LogP contribution is 2.30. The Hall–Kier alpha value is -2.23. The number of furan rings is 1. The highest BCUT2D eigenvalue weighted by molar-refractivity contribution is 5.76. The molecule has 0 saturated heterocycles. The maximum Gasteiger partial charge on any atom is 0.223 e. The number of hydrogen-bond donors (Lipinski definition) is 1. The van der Waals surface area contributed by atoms with Crippen molar-refractivity contribution in [2.24, 2.45) is 0 Å². The highest BCUT2D eigenvalue weighted by atomic mass is 16.5. The van der Waals surface area contributed by atoms with Gasteiger partial charge in [-0.1, -0.05) is 17.7 Å². The second kappa shape index (κ2) is 6.90. The molecule has 0 spiro atoms. The molecule has 122 valence electrons. The Morgan fingerprint density at radius 3 is 3.04 bits per heavy atom. The lowest BCUT2D eigenvalue weighted by Gasteiger charge is -2.22. The van der Waals surface area contributed by atoms with Gasteiger partial charge in [0.05, 0.1) is 25.3 Å². The molecule has 1 heterocycles. The van der Waals surface area contributed by atoms with E-state index in [1.165, 1.54) is 5.56 Å². The summed E-state index contributed by atoms with van der Waals surface area (Å²) in [5.41, 5.74) is 3.43. The fourth-order valence-electron chi connectivity index (χ4n) is 3.12. The van der Waals surface area contributed by atoms with E-state index >= 15 is 0 Å². The fraction of sp³-hybridized carbons (Fsp3) is 0.421. The van der Waals surface area contributed by atoms with Gasteiger partial charge in [0.25, 0.3) is 0 Å². The zero-order valence-corrected chi connectivity index (χ0v) is 13.7. The second-order valence-electron chi connectivity index (χ2n) is 6.18. The topological polar surface area (TPSA) is 51.5 Å². The summed E-state index contributed by atoms with van der Waals surface area (Å²) < 4.78 is 11.2. The van der Waals surface area contributed by atoms with Crippen molar-refractivity contribution in [3.05, 3.63) is 53.0 Å². The van der Waals surface area contributed by atoms with Crippen molar-refractivity contribution in [3.63, 3.8) is 0 Å². The average molecular weight is 313 g/mol. The number of nitrogens with one attached hydrogen (secondary N) is 1. The first-order chi connectivity index (χ1) is 11.1. The van der Waals surface area contributed by atoms with Crippen LogP contribution in [0, 0.1) is 13.8 Å². The average Bonchev–Trinajstić information content (AvgIpc) is 2.99. The molecule has 3 rings (SSSR count). The Balaban J connectivity index is 1.49. The molecule has 1 atom stereocenters. The summed E-state index contributed by atoms with van der Waals surface area (Å²) >= 11 is 0. The number of rotatable bonds is 5. The lowest BCUT2D eigenvalue weighted by atomic mass is 9.93. The van der Waals surface area contributed by atoms with E-state index < -0.39 is 0 Å². The summed E-state index contributed by atoms with van der Waals surface area (Å²) in [6.45, 7) is 4.46. The molecule has 0 saturated carbocycles. The Morgan fingerprint density at radius 1 is 1.35 bits per heavy atom. The van der Waals surface area contributed by atoms with Crippen LogP contribution in [0.5, 0.6) is 5.75 Å². The number of aryl methyl sites for hydroxylation is 3. The van der Waals surface area contributed by atoms with Crippen molar-refractivity contribution in [1.82, 2.24) is 5.32 Å². The van der Waals surface area contributed by atoms with Crippen molar-refractivity contribution in [3.8, 4) is 5.75 Å². The SMILES string of the molecule is Cc1ccc(OCCC(=O)NC2CCCc3occc32)c(C)c1. The maximum absolute atomic E-state index is 12.2. The predicted octanol–water partition coefficient (Wildman–Crippen LogP) is 3.86. The molecule has 0 bridgehead atoms. The van der Waals surface area contributed by atoms with Gasteiger partial charge in [-0.2, -0.15) is 0 Å². The number of carbonyl (C=O) groups excluding carboxylic acids is 1. The molecule has 23 heavy (non-hydrogen) atoms. The van der Waals surface area contributed by atoms with E-state index in [1.54, 1.807) is 6.26 Å². The van der Waals surface area contributed by atoms with Gasteiger partial charge in [-0.25, -0.2) is 0 Å². The molecule has 1 aliphatic rings. The summed E-state index contributed by atoms with van der Waals surface area (Å²) in [4.78, 5) is 12.2. The van der Waals surface area contributed by atoms with E-state index in [-0.39, 0.29) is 11.9 Å². The molecule has 0 fully saturated rings. The largest absolute Gasteiger partial charge is 0.493 e. The molecule has 1 aromatic carbocycles. The molecule has 1 aromatic heterocycles. The second-order valence-corrected chi connectivity index (χ2v) is 6.18. The molecule has 4 heteroatoms. The normalized spacial score (nSPS) is 16.7. The summed E-state index contributed by atoms with van der Waals surface area (Å²) in [5.74, 6) is 1.88. The van der Waals surface area contributed by atoms with E-state index in [9.17, 15) is 4.79 Å². The van der Waals surface area contributed by atoms with E-state index in [0.29, 0.717) is 13.0 Å². The van der Waals surface area contributed by atoms with Crippen molar-refractivity contribution >= 4 is 5.91 Å². The number of hydrogen-bond acceptors (Lipinski definition) is 3. The first-order valence-corrected chi connectivity index (χ1v) is 8.19. The quantitative estimate of drug-likeness (QED) is 0.912. The summed E-state index contributed by atoms with van der Waals surface area (Å²) in [7, 11) is 0. The Morgan fingerprint density at radius 2 is 2.22 bits per heavy atom. The van der Waals surface area contributed by atoms with Gasteiger partial charge in [0, 0.05) is 12.0 Å². The van der Waals surface area contributed by atoms with Crippen LogP contribution in [-0.2, 0) is 11.2 Å². The lowest BCUT2D eigenvalue weighted by molar-refractivity contribution is -0.122. The van der Waals surface area contributed by atoms with Crippen LogP contribution in [0.4, 0.5) is 0 Å². The zero-order chi connectivity index (χ0) is 16.2. The molecule has 0 radical (unpaired) electrons. The molecule has 1 amide bonds. The van der Waals surface area contributed by atoms with Crippen LogP contribution in [0.25, 0.3) is 0 Å². The van der Waals surface area contributed by atoms with E-state index in [2.05, 4.69) is 18.3 Å². The standard InChI is InChI=1S/C19H23NO3/c1-13-6-7-17(14(2)12-13)22-11-9-19(21)20-16-4-3-5-18-15(16)8-10-23-18/h6-8,10,12,16H,3-5,9,11H2,1-2H3,(H,20,21). The first kappa shape index (κ1) is 15.7. The number of amides is 1. The van der Waals surface area contributed by atoms with Gasteiger partial charge in [-0.15, -0.1) is 0 Å². The van der Waals surface area contributed by atoms with Crippen LogP contribution >= 0.6 is 0 Å². The Labute approximate surface area is 136 Å². The van der Waals surface area contributed by atoms with Crippen molar-refractivity contribution < 1.29 is 13.9 Å². The molecule has 2 aromatic rings. The monoisotopic (exact) mass is 313 g/mol.